The van der Waals surface area contributed by atoms with E-state index in [4.69, 9.17) is 0 Å². The third-order valence-corrected chi connectivity index (χ3v) is 3.89. The summed E-state index contributed by atoms with van der Waals surface area (Å²) in [6.07, 6.45) is 0.344. The molecule has 1 aromatic carbocycles. The van der Waals surface area contributed by atoms with Crippen LogP contribution in [-0.2, 0) is 14.8 Å². The van der Waals surface area contributed by atoms with Crippen LogP contribution in [0.5, 0.6) is 0 Å². The van der Waals surface area contributed by atoms with Gasteiger partial charge in [-0.05, 0) is 31.8 Å². The second kappa shape index (κ2) is 7.22. The van der Waals surface area contributed by atoms with Crippen LogP contribution in [0.15, 0.2) is 29.2 Å². The first-order valence-corrected chi connectivity index (χ1v) is 7.52. The number of hydrogen-bond donors (Lipinski definition) is 3. The smallest absolute Gasteiger partial charge is 0.240 e. The van der Waals surface area contributed by atoms with Crippen molar-refractivity contribution in [3.63, 3.8) is 0 Å². The SMILES string of the molecule is CCNCCC(=O)Nc1cccc(S(=O)(=O)NC)c1. The van der Waals surface area contributed by atoms with Gasteiger partial charge in [-0.15, -0.1) is 0 Å². The fourth-order valence-corrected chi connectivity index (χ4v) is 2.24. The minimum absolute atomic E-state index is 0.125. The van der Waals surface area contributed by atoms with Crippen LogP contribution in [0.3, 0.4) is 0 Å². The molecule has 0 spiro atoms. The van der Waals surface area contributed by atoms with E-state index in [2.05, 4.69) is 15.4 Å². The van der Waals surface area contributed by atoms with Gasteiger partial charge in [0.15, 0.2) is 0 Å². The van der Waals surface area contributed by atoms with Crippen molar-refractivity contribution in [3.8, 4) is 0 Å². The van der Waals surface area contributed by atoms with E-state index in [9.17, 15) is 13.2 Å². The monoisotopic (exact) mass is 285 g/mol. The van der Waals surface area contributed by atoms with Crippen LogP contribution in [0, 0.1) is 0 Å². The molecule has 7 heteroatoms. The first kappa shape index (κ1) is 15.6. The lowest BCUT2D eigenvalue weighted by atomic mass is 10.3. The highest BCUT2D eigenvalue weighted by molar-refractivity contribution is 7.89. The number of sulfonamides is 1. The fourth-order valence-electron chi connectivity index (χ4n) is 1.46. The van der Waals surface area contributed by atoms with Crippen molar-refractivity contribution >= 4 is 21.6 Å². The van der Waals surface area contributed by atoms with Crippen LogP contribution in [-0.4, -0.2) is 34.5 Å². The van der Waals surface area contributed by atoms with Gasteiger partial charge in [-0.3, -0.25) is 4.79 Å². The van der Waals surface area contributed by atoms with Crippen molar-refractivity contribution in [2.24, 2.45) is 0 Å². The molecule has 0 fully saturated rings. The van der Waals surface area contributed by atoms with Crippen molar-refractivity contribution in [1.29, 1.82) is 0 Å². The molecule has 1 amide bonds. The van der Waals surface area contributed by atoms with E-state index in [1.165, 1.54) is 19.2 Å². The zero-order valence-electron chi connectivity index (χ0n) is 11.1. The molecule has 0 radical (unpaired) electrons. The molecule has 0 heterocycles. The number of amides is 1. The Kier molecular flexibility index (Phi) is 5.94. The first-order chi connectivity index (χ1) is 8.99. The Bertz CT molecular complexity index is 529. The van der Waals surface area contributed by atoms with Gasteiger partial charge >= 0.3 is 0 Å². The minimum atomic E-state index is -3.49. The molecule has 0 unspecified atom stereocenters. The van der Waals surface area contributed by atoms with E-state index < -0.39 is 10.0 Å². The molecule has 19 heavy (non-hydrogen) atoms. The quantitative estimate of drug-likeness (QED) is 0.638. The van der Waals surface area contributed by atoms with Gasteiger partial charge in [-0.2, -0.15) is 0 Å². The van der Waals surface area contributed by atoms with Gasteiger partial charge in [-0.25, -0.2) is 13.1 Å². The number of carbonyl (C=O) groups excluding carboxylic acids is 1. The normalized spacial score (nSPS) is 11.3. The van der Waals surface area contributed by atoms with Crippen LogP contribution in [0.4, 0.5) is 5.69 Å². The number of hydrogen-bond acceptors (Lipinski definition) is 4. The molecule has 106 valence electrons. The van der Waals surface area contributed by atoms with Gasteiger partial charge in [0.05, 0.1) is 4.90 Å². The number of carbonyl (C=O) groups is 1. The lowest BCUT2D eigenvalue weighted by Crippen LogP contribution is -2.22. The second-order valence-electron chi connectivity index (χ2n) is 3.89. The zero-order valence-corrected chi connectivity index (χ0v) is 11.9. The van der Waals surface area contributed by atoms with Crippen molar-refractivity contribution in [3.05, 3.63) is 24.3 Å². The summed E-state index contributed by atoms with van der Waals surface area (Å²) in [6.45, 7) is 3.37. The first-order valence-electron chi connectivity index (χ1n) is 6.03. The van der Waals surface area contributed by atoms with E-state index in [0.717, 1.165) is 6.54 Å². The van der Waals surface area contributed by atoms with E-state index >= 15 is 0 Å². The Morgan fingerprint density at radius 2 is 2.05 bits per heavy atom. The van der Waals surface area contributed by atoms with Crippen molar-refractivity contribution < 1.29 is 13.2 Å². The molecule has 0 aliphatic heterocycles. The Morgan fingerprint density at radius 3 is 2.68 bits per heavy atom. The van der Waals surface area contributed by atoms with Crippen LogP contribution in [0.1, 0.15) is 13.3 Å². The van der Waals surface area contributed by atoms with Crippen LogP contribution < -0.4 is 15.4 Å². The van der Waals surface area contributed by atoms with Crippen molar-refractivity contribution in [2.75, 3.05) is 25.5 Å². The second-order valence-corrected chi connectivity index (χ2v) is 5.77. The molecule has 1 aromatic rings. The summed E-state index contributed by atoms with van der Waals surface area (Å²) in [5.41, 5.74) is 0.470. The summed E-state index contributed by atoms with van der Waals surface area (Å²) in [5.74, 6) is -0.153. The molecular weight excluding hydrogens is 266 g/mol. The van der Waals surface area contributed by atoms with Gasteiger partial charge in [0.2, 0.25) is 15.9 Å². The molecule has 0 saturated heterocycles. The summed E-state index contributed by atoms with van der Waals surface area (Å²) >= 11 is 0. The summed E-state index contributed by atoms with van der Waals surface area (Å²) in [6, 6.07) is 6.14. The van der Waals surface area contributed by atoms with Gasteiger partial charge in [0.1, 0.15) is 0 Å². The third kappa shape index (κ3) is 4.98. The van der Waals surface area contributed by atoms with Gasteiger partial charge in [0.25, 0.3) is 0 Å². The third-order valence-electron chi connectivity index (χ3n) is 2.48. The highest BCUT2D eigenvalue weighted by Crippen LogP contribution is 2.15. The Hall–Kier alpha value is -1.44. The van der Waals surface area contributed by atoms with E-state index in [0.29, 0.717) is 18.7 Å². The molecule has 1 rings (SSSR count). The number of nitrogens with one attached hydrogen (secondary N) is 3. The average molecular weight is 285 g/mol. The summed E-state index contributed by atoms with van der Waals surface area (Å²) in [5, 5.41) is 5.71. The lowest BCUT2D eigenvalue weighted by molar-refractivity contribution is -0.116. The van der Waals surface area contributed by atoms with Crippen LogP contribution in [0.2, 0.25) is 0 Å². The topological polar surface area (TPSA) is 87.3 Å². The maximum atomic E-state index is 11.6. The maximum Gasteiger partial charge on any atom is 0.240 e. The van der Waals surface area contributed by atoms with Crippen molar-refractivity contribution in [2.45, 2.75) is 18.2 Å². The minimum Gasteiger partial charge on any atom is -0.326 e. The van der Waals surface area contributed by atoms with Gasteiger partial charge < -0.3 is 10.6 Å². The predicted octanol–water partition coefficient (Wildman–Crippen LogP) is 0.533. The van der Waals surface area contributed by atoms with E-state index in [1.54, 1.807) is 12.1 Å². The Labute approximate surface area is 113 Å². The number of anilines is 1. The Morgan fingerprint density at radius 1 is 1.32 bits per heavy atom. The summed E-state index contributed by atoms with van der Waals surface area (Å²) in [4.78, 5) is 11.7. The largest absolute Gasteiger partial charge is 0.326 e. The molecule has 0 saturated carbocycles. The van der Waals surface area contributed by atoms with E-state index in [-0.39, 0.29) is 10.8 Å². The standard InChI is InChI=1S/C12H19N3O3S/c1-3-14-8-7-12(16)15-10-5-4-6-11(9-10)19(17,18)13-2/h4-6,9,13-14H,3,7-8H2,1-2H3,(H,15,16). The molecule has 6 nitrogen and oxygen atoms in total. The molecule has 0 aliphatic carbocycles. The molecule has 3 N–H and O–H groups in total. The van der Waals surface area contributed by atoms with Gasteiger partial charge in [-0.1, -0.05) is 13.0 Å². The highest BCUT2D eigenvalue weighted by atomic mass is 32.2. The van der Waals surface area contributed by atoms with Crippen molar-refractivity contribution in [1.82, 2.24) is 10.0 Å². The van der Waals surface area contributed by atoms with E-state index in [1.807, 2.05) is 6.92 Å². The fraction of sp³-hybridized carbons (Fsp3) is 0.417. The molecular formula is C12H19N3O3S. The lowest BCUT2D eigenvalue weighted by Gasteiger charge is -2.08. The van der Waals surface area contributed by atoms with Crippen LogP contribution >= 0.6 is 0 Å². The molecule has 0 atom stereocenters. The summed E-state index contributed by atoms with van der Waals surface area (Å²) < 4.78 is 25.5. The molecule has 0 aromatic heterocycles. The predicted molar refractivity (Wildman–Crippen MR) is 74.5 cm³/mol. The maximum absolute atomic E-state index is 11.6. The van der Waals surface area contributed by atoms with Gasteiger partial charge in [0, 0.05) is 18.7 Å². The van der Waals surface area contributed by atoms with Crippen LogP contribution in [0.25, 0.3) is 0 Å². The number of benzene rings is 1. The summed E-state index contributed by atoms with van der Waals surface area (Å²) in [7, 11) is -2.15. The molecule has 0 aliphatic rings. The Balaban J connectivity index is 2.70. The average Bonchev–Trinajstić information content (AvgIpc) is 2.39. The number of rotatable bonds is 7. The molecule has 0 bridgehead atoms. The highest BCUT2D eigenvalue weighted by Gasteiger charge is 2.12. The zero-order chi connectivity index (χ0) is 14.3.